The van der Waals surface area contributed by atoms with Crippen molar-refractivity contribution in [3.8, 4) is 5.75 Å². The number of hydrogen-bond donors (Lipinski definition) is 1. The average molecular weight is 312 g/mol. The molecule has 0 saturated heterocycles. The first-order chi connectivity index (χ1) is 11.1. The molecule has 0 fully saturated rings. The van der Waals surface area contributed by atoms with E-state index in [1.54, 1.807) is 7.11 Å². The molecule has 0 aliphatic heterocycles. The first-order valence-corrected chi connectivity index (χ1v) is 7.83. The maximum absolute atomic E-state index is 12.2. The number of methoxy groups -OCH3 is 1. The molecule has 0 aromatic heterocycles. The van der Waals surface area contributed by atoms with Gasteiger partial charge in [-0.1, -0.05) is 31.2 Å². The lowest BCUT2D eigenvalue weighted by Gasteiger charge is -2.21. The van der Waals surface area contributed by atoms with E-state index in [4.69, 9.17) is 4.74 Å². The minimum Gasteiger partial charge on any atom is -0.497 e. The van der Waals surface area contributed by atoms with E-state index in [0.717, 1.165) is 24.5 Å². The number of aryl methyl sites for hydroxylation is 1. The number of likely N-dealkylation sites (N-methyl/N-ethyl adjacent to an activating group) is 1. The second kappa shape index (κ2) is 8.34. The third-order valence-corrected chi connectivity index (χ3v) is 3.84. The van der Waals surface area contributed by atoms with E-state index < -0.39 is 0 Å². The Bertz CT molecular complexity index is 638. The Morgan fingerprint density at radius 3 is 2.43 bits per heavy atom. The quantitative estimate of drug-likeness (QED) is 0.851. The Morgan fingerprint density at radius 1 is 1.13 bits per heavy atom. The molecule has 2 aromatic rings. The Hall–Kier alpha value is -2.33. The standard InChI is InChI=1S/C19H24N2O2/c1-4-21(13-16-8-6-5-7-15(16)2)14-19(22)20-17-9-11-18(23-3)12-10-17/h5-12H,4,13-14H2,1-3H3,(H,20,22). The number of ether oxygens (including phenoxy) is 1. The van der Waals surface area contributed by atoms with Crippen molar-refractivity contribution >= 4 is 11.6 Å². The van der Waals surface area contributed by atoms with Crippen LogP contribution in [0.3, 0.4) is 0 Å². The summed E-state index contributed by atoms with van der Waals surface area (Å²) in [5, 5.41) is 2.92. The van der Waals surface area contributed by atoms with Gasteiger partial charge in [0.25, 0.3) is 0 Å². The van der Waals surface area contributed by atoms with Crippen LogP contribution in [0.15, 0.2) is 48.5 Å². The van der Waals surface area contributed by atoms with Crippen LogP contribution in [-0.4, -0.2) is 31.0 Å². The van der Waals surface area contributed by atoms with Crippen molar-refractivity contribution in [3.63, 3.8) is 0 Å². The van der Waals surface area contributed by atoms with Crippen molar-refractivity contribution in [2.75, 3.05) is 25.5 Å². The normalized spacial score (nSPS) is 10.6. The SMILES string of the molecule is CCN(CC(=O)Nc1ccc(OC)cc1)Cc1ccccc1C. The van der Waals surface area contributed by atoms with Crippen molar-refractivity contribution < 1.29 is 9.53 Å². The Labute approximate surface area is 138 Å². The number of benzene rings is 2. The summed E-state index contributed by atoms with van der Waals surface area (Å²) in [4.78, 5) is 14.4. The van der Waals surface area contributed by atoms with Crippen LogP contribution in [0.4, 0.5) is 5.69 Å². The molecular formula is C19H24N2O2. The third-order valence-electron chi connectivity index (χ3n) is 3.84. The summed E-state index contributed by atoms with van der Waals surface area (Å²) in [5.41, 5.74) is 3.29. The second-order valence-corrected chi connectivity index (χ2v) is 5.51. The highest BCUT2D eigenvalue weighted by atomic mass is 16.5. The Balaban J connectivity index is 1.92. The first kappa shape index (κ1) is 17.0. The van der Waals surface area contributed by atoms with E-state index in [1.807, 2.05) is 36.4 Å². The molecule has 0 atom stereocenters. The van der Waals surface area contributed by atoms with Gasteiger partial charge in [0, 0.05) is 12.2 Å². The number of carbonyl (C=O) groups is 1. The summed E-state index contributed by atoms with van der Waals surface area (Å²) >= 11 is 0. The summed E-state index contributed by atoms with van der Waals surface area (Å²) in [7, 11) is 1.62. The average Bonchev–Trinajstić information content (AvgIpc) is 2.56. The fourth-order valence-corrected chi connectivity index (χ4v) is 2.39. The maximum atomic E-state index is 12.2. The van der Waals surface area contributed by atoms with Crippen LogP contribution >= 0.6 is 0 Å². The molecule has 0 aliphatic carbocycles. The minimum absolute atomic E-state index is 0.00870. The number of amides is 1. The van der Waals surface area contributed by atoms with Gasteiger partial charge in [0.2, 0.25) is 5.91 Å². The van der Waals surface area contributed by atoms with E-state index in [9.17, 15) is 4.79 Å². The van der Waals surface area contributed by atoms with Crippen LogP contribution in [-0.2, 0) is 11.3 Å². The van der Waals surface area contributed by atoms with Crippen molar-refractivity contribution in [3.05, 3.63) is 59.7 Å². The molecule has 0 radical (unpaired) electrons. The molecule has 0 saturated carbocycles. The molecule has 0 heterocycles. The van der Waals surface area contributed by atoms with E-state index in [1.165, 1.54) is 11.1 Å². The molecule has 23 heavy (non-hydrogen) atoms. The van der Waals surface area contributed by atoms with E-state index in [2.05, 4.69) is 36.2 Å². The van der Waals surface area contributed by atoms with Gasteiger partial charge < -0.3 is 10.1 Å². The summed E-state index contributed by atoms with van der Waals surface area (Å²) in [5.74, 6) is 0.767. The van der Waals surface area contributed by atoms with Gasteiger partial charge in [0.1, 0.15) is 5.75 Å². The molecule has 2 aromatic carbocycles. The maximum Gasteiger partial charge on any atom is 0.238 e. The summed E-state index contributed by atoms with van der Waals surface area (Å²) < 4.78 is 5.11. The molecule has 0 aliphatic rings. The monoisotopic (exact) mass is 312 g/mol. The van der Waals surface area contributed by atoms with Gasteiger partial charge in [-0.3, -0.25) is 9.69 Å². The van der Waals surface area contributed by atoms with Gasteiger partial charge in [-0.2, -0.15) is 0 Å². The second-order valence-electron chi connectivity index (χ2n) is 5.51. The summed E-state index contributed by atoms with van der Waals surface area (Å²) in [6.45, 7) is 6.14. The van der Waals surface area contributed by atoms with Gasteiger partial charge in [-0.25, -0.2) is 0 Å². The predicted octanol–water partition coefficient (Wildman–Crippen LogP) is 3.46. The zero-order valence-electron chi connectivity index (χ0n) is 14.0. The Kier molecular flexibility index (Phi) is 6.18. The number of anilines is 1. The van der Waals surface area contributed by atoms with Gasteiger partial charge in [-0.05, 0) is 48.9 Å². The van der Waals surface area contributed by atoms with E-state index in [-0.39, 0.29) is 5.91 Å². The molecule has 122 valence electrons. The number of hydrogen-bond acceptors (Lipinski definition) is 3. The fourth-order valence-electron chi connectivity index (χ4n) is 2.39. The first-order valence-electron chi connectivity index (χ1n) is 7.83. The zero-order chi connectivity index (χ0) is 16.7. The third kappa shape index (κ3) is 5.11. The molecule has 0 bridgehead atoms. The highest BCUT2D eigenvalue weighted by Gasteiger charge is 2.11. The Morgan fingerprint density at radius 2 is 1.83 bits per heavy atom. The van der Waals surface area contributed by atoms with Gasteiger partial charge in [-0.15, -0.1) is 0 Å². The van der Waals surface area contributed by atoms with Crippen molar-refractivity contribution in [1.82, 2.24) is 4.90 Å². The van der Waals surface area contributed by atoms with Gasteiger partial charge in [0.15, 0.2) is 0 Å². The summed E-state index contributed by atoms with van der Waals surface area (Å²) in [6, 6.07) is 15.6. The number of rotatable bonds is 7. The molecule has 1 amide bonds. The predicted molar refractivity (Wildman–Crippen MR) is 93.8 cm³/mol. The molecule has 4 heteroatoms. The van der Waals surface area contributed by atoms with Gasteiger partial charge >= 0.3 is 0 Å². The van der Waals surface area contributed by atoms with E-state index >= 15 is 0 Å². The molecule has 1 N–H and O–H groups in total. The number of nitrogens with zero attached hydrogens (tertiary/aromatic N) is 1. The fraction of sp³-hybridized carbons (Fsp3) is 0.316. The number of nitrogens with one attached hydrogen (secondary N) is 1. The van der Waals surface area contributed by atoms with Crippen LogP contribution in [0.25, 0.3) is 0 Å². The van der Waals surface area contributed by atoms with Gasteiger partial charge in [0.05, 0.1) is 13.7 Å². The summed E-state index contributed by atoms with van der Waals surface area (Å²) in [6.07, 6.45) is 0. The highest BCUT2D eigenvalue weighted by molar-refractivity contribution is 5.92. The smallest absolute Gasteiger partial charge is 0.238 e. The molecule has 4 nitrogen and oxygen atoms in total. The van der Waals surface area contributed by atoms with Crippen LogP contribution < -0.4 is 10.1 Å². The molecule has 0 spiro atoms. The largest absolute Gasteiger partial charge is 0.497 e. The minimum atomic E-state index is -0.00870. The van der Waals surface area contributed by atoms with Crippen LogP contribution in [0, 0.1) is 6.92 Å². The topological polar surface area (TPSA) is 41.6 Å². The molecule has 2 rings (SSSR count). The lowest BCUT2D eigenvalue weighted by Crippen LogP contribution is -2.32. The van der Waals surface area contributed by atoms with E-state index in [0.29, 0.717) is 6.54 Å². The van der Waals surface area contributed by atoms with Crippen molar-refractivity contribution in [2.45, 2.75) is 20.4 Å². The zero-order valence-corrected chi connectivity index (χ0v) is 14.0. The van der Waals surface area contributed by atoms with Crippen LogP contribution in [0.1, 0.15) is 18.1 Å². The lowest BCUT2D eigenvalue weighted by atomic mass is 10.1. The van der Waals surface area contributed by atoms with Crippen molar-refractivity contribution in [1.29, 1.82) is 0 Å². The molecule has 0 unspecified atom stereocenters. The van der Waals surface area contributed by atoms with Crippen molar-refractivity contribution in [2.24, 2.45) is 0 Å². The lowest BCUT2D eigenvalue weighted by molar-refractivity contribution is -0.117. The van der Waals surface area contributed by atoms with Crippen LogP contribution in [0.5, 0.6) is 5.75 Å². The molecular weight excluding hydrogens is 288 g/mol. The van der Waals surface area contributed by atoms with Crippen LogP contribution in [0.2, 0.25) is 0 Å². The highest BCUT2D eigenvalue weighted by Crippen LogP contribution is 2.15. The number of carbonyl (C=O) groups excluding carboxylic acids is 1.